The molecule has 2 unspecified atom stereocenters. The minimum atomic E-state index is -1.07. The lowest BCUT2D eigenvalue weighted by molar-refractivity contribution is -0.138. The van der Waals surface area contributed by atoms with E-state index >= 15 is 0 Å². The molecule has 2 amide bonds. The number of aromatic hydroxyl groups is 1. The first kappa shape index (κ1) is 23.9. The van der Waals surface area contributed by atoms with Gasteiger partial charge in [-0.1, -0.05) is 32.0 Å². The highest BCUT2D eigenvalue weighted by atomic mass is 16.7. The number of benzene rings is 2. The standard InChI is InChI=1S/C24H28N2O7/c1-14(2)9-19(25-22(28)10-15-3-6-17(27)7-4-15)24(31)26-18(12-23(29)30)16-5-8-20-21(11-16)33-13-32-20/h3-8,11,14,18-19,27H,9-10,12-13H2,1-2H3,(H,25,28)(H,26,31)(H,29,30). The summed E-state index contributed by atoms with van der Waals surface area (Å²) in [7, 11) is 0. The molecule has 0 radical (unpaired) electrons. The highest BCUT2D eigenvalue weighted by Crippen LogP contribution is 2.34. The molecule has 9 nitrogen and oxygen atoms in total. The molecule has 2 aromatic carbocycles. The third-order valence-corrected chi connectivity index (χ3v) is 5.15. The lowest BCUT2D eigenvalue weighted by Gasteiger charge is -2.24. The number of carboxylic acids is 1. The topological polar surface area (TPSA) is 134 Å². The number of rotatable bonds is 10. The molecule has 33 heavy (non-hydrogen) atoms. The quantitative estimate of drug-likeness (QED) is 0.432. The monoisotopic (exact) mass is 456 g/mol. The van der Waals surface area contributed by atoms with Gasteiger partial charge in [0, 0.05) is 0 Å². The third kappa shape index (κ3) is 6.86. The molecule has 3 rings (SSSR count). The summed E-state index contributed by atoms with van der Waals surface area (Å²) in [6.45, 7) is 3.94. The van der Waals surface area contributed by atoms with Crippen LogP contribution in [0.25, 0.3) is 0 Å². The van der Waals surface area contributed by atoms with Crippen LogP contribution in [0.3, 0.4) is 0 Å². The Morgan fingerprint density at radius 1 is 1.00 bits per heavy atom. The van der Waals surface area contributed by atoms with Gasteiger partial charge in [0.2, 0.25) is 18.6 Å². The molecule has 2 atom stereocenters. The van der Waals surface area contributed by atoms with E-state index in [1.54, 1.807) is 30.3 Å². The average Bonchev–Trinajstić information content (AvgIpc) is 3.21. The largest absolute Gasteiger partial charge is 0.508 e. The van der Waals surface area contributed by atoms with E-state index in [4.69, 9.17) is 9.47 Å². The molecular weight excluding hydrogens is 428 g/mol. The van der Waals surface area contributed by atoms with Gasteiger partial charge in [-0.05, 0) is 47.7 Å². The van der Waals surface area contributed by atoms with Gasteiger partial charge in [0.25, 0.3) is 0 Å². The van der Waals surface area contributed by atoms with Crippen LogP contribution in [0.15, 0.2) is 42.5 Å². The van der Waals surface area contributed by atoms with Gasteiger partial charge in [0.1, 0.15) is 11.8 Å². The van der Waals surface area contributed by atoms with E-state index in [0.29, 0.717) is 29.0 Å². The molecule has 0 bridgehead atoms. The number of ether oxygens (including phenoxy) is 2. The van der Waals surface area contributed by atoms with Crippen molar-refractivity contribution < 1.29 is 34.1 Å². The van der Waals surface area contributed by atoms with Crippen LogP contribution < -0.4 is 20.1 Å². The van der Waals surface area contributed by atoms with E-state index in [1.165, 1.54) is 12.1 Å². The first-order valence-electron chi connectivity index (χ1n) is 10.7. The van der Waals surface area contributed by atoms with Crippen molar-refractivity contribution in [2.24, 2.45) is 5.92 Å². The van der Waals surface area contributed by atoms with E-state index in [2.05, 4.69) is 10.6 Å². The van der Waals surface area contributed by atoms with Crippen LogP contribution in [0.5, 0.6) is 17.2 Å². The van der Waals surface area contributed by atoms with Crippen LogP contribution in [0.2, 0.25) is 0 Å². The van der Waals surface area contributed by atoms with Crippen molar-refractivity contribution in [3.8, 4) is 17.2 Å². The summed E-state index contributed by atoms with van der Waals surface area (Å²) < 4.78 is 10.7. The summed E-state index contributed by atoms with van der Waals surface area (Å²) in [5, 5.41) is 24.3. The molecule has 1 aliphatic heterocycles. The van der Waals surface area contributed by atoms with Crippen LogP contribution in [0.1, 0.15) is 43.9 Å². The van der Waals surface area contributed by atoms with Gasteiger partial charge < -0.3 is 30.3 Å². The lowest BCUT2D eigenvalue weighted by Crippen LogP contribution is -2.49. The van der Waals surface area contributed by atoms with Gasteiger partial charge in [-0.2, -0.15) is 0 Å². The van der Waals surface area contributed by atoms with Crippen LogP contribution in [0.4, 0.5) is 0 Å². The van der Waals surface area contributed by atoms with Gasteiger partial charge in [-0.25, -0.2) is 0 Å². The molecule has 0 saturated heterocycles. The van der Waals surface area contributed by atoms with Crippen molar-refractivity contribution >= 4 is 17.8 Å². The smallest absolute Gasteiger partial charge is 0.305 e. The zero-order chi connectivity index (χ0) is 24.0. The minimum Gasteiger partial charge on any atom is -0.508 e. The van der Waals surface area contributed by atoms with Crippen molar-refractivity contribution in [2.75, 3.05) is 6.79 Å². The van der Waals surface area contributed by atoms with E-state index in [1.807, 2.05) is 13.8 Å². The van der Waals surface area contributed by atoms with E-state index in [9.17, 15) is 24.6 Å². The number of phenolic OH excluding ortho intramolecular Hbond substituents is 1. The fraction of sp³-hybridized carbons (Fsp3) is 0.375. The third-order valence-electron chi connectivity index (χ3n) is 5.15. The Bertz CT molecular complexity index is 1000. The molecule has 4 N–H and O–H groups in total. The second kappa shape index (κ2) is 10.7. The summed E-state index contributed by atoms with van der Waals surface area (Å²) in [5.74, 6) is -0.639. The fourth-order valence-electron chi connectivity index (χ4n) is 3.58. The normalized spacial score (nSPS) is 13.9. The van der Waals surface area contributed by atoms with Crippen molar-refractivity contribution in [2.45, 2.75) is 45.2 Å². The Hall–Kier alpha value is -3.75. The zero-order valence-corrected chi connectivity index (χ0v) is 18.5. The number of aliphatic carboxylic acids is 1. The molecule has 0 aliphatic carbocycles. The van der Waals surface area contributed by atoms with Gasteiger partial charge in [-0.3, -0.25) is 14.4 Å². The number of hydrogen-bond acceptors (Lipinski definition) is 6. The summed E-state index contributed by atoms with van der Waals surface area (Å²) in [6, 6.07) is 9.60. The highest BCUT2D eigenvalue weighted by Gasteiger charge is 2.27. The summed E-state index contributed by atoms with van der Waals surface area (Å²) in [4.78, 5) is 37.1. The molecule has 2 aromatic rings. The zero-order valence-electron chi connectivity index (χ0n) is 18.5. The van der Waals surface area contributed by atoms with E-state index in [-0.39, 0.29) is 37.2 Å². The average molecular weight is 456 g/mol. The maximum atomic E-state index is 13.1. The number of phenols is 1. The molecule has 0 fully saturated rings. The van der Waals surface area contributed by atoms with Crippen LogP contribution >= 0.6 is 0 Å². The van der Waals surface area contributed by atoms with Gasteiger partial charge in [0.15, 0.2) is 11.5 Å². The van der Waals surface area contributed by atoms with Crippen LogP contribution in [-0.4, -0.2) is 40.8 Å². The molecule has 1 aliphatic rings. The second-order valence-corrected chi connectivity index (χ2v) is 8.36. The number of amides is 2. The summed E-state index contributed by atoms with van der Waals surface area (Å²) >= 11 is 0. The molecule has 0 aromatic heterocycles. The van der Waals surface area contributed by atoms with Gasteiger partial charge in [0.05, 0.1) is 18.9 Å². The SMILES string of the molecule is CC(C)CC(NC(=O)Cc1ccc(O)cc1)C(=O)NC(CC(=O)O)c1ccc2c(c1)OCO2. The first-order valence-corrected chi connectivity index (χ1v) is 10.7. The molecule has 176 valence electrons. The maximum absolute atomic E-state index is 13.1. The van der Waals surface area contributed by atoms with E-state index < -0.39 is 24.0 Å². The molecule has 1 heterocycles. The molecular formula is C24H28N2O7. The Balaban J connectivity index is 1.72. The number of fused-ring (bicyclic) bond motifs is 1. The Morgan fingerprint density at radius 3 is 2.36 bits per heavy atom. The first-order chi connectivity index (χ1) is 15.7. The molecule has 0 spiro atoms. The fourth-order valence-corrected chi connectivity index (χ4v) is 3.58. The number of nitrogens with one attached hydrogen (secondary N) is 2. The molecule has 9 heteroatoms. The van der Waals surface area contributed by atoms with Crippen molar-refractivity contribution in [3.05, 3.63) is 53.6 Å². The Morgan fingerprint density at radius 2 is 1.70 bits per heavy atom. The van der Waals surface area contributed by atoms with Crippen molar-refractivity contribution in [1.82, 2.24) is 10.6 Å². The van der Waals surface area contributed by atoms with Crippen LogP contribution in [0, 0.1) is 5.92 Å². The Labute approximate surface area is 191 Å². The minimum absolute atomic E-state index is 0.0445. The second-order valence-electron chi connectivity index (χ2n) is 8.36. The number of carbonyl (C=O) groups is 3. The summed E-state index contributed by atoms with van der Waals surface area (Å²) in [6.07, 6.45) is 0.0954. The van der Waals surface area contributed by atoms with Crippen molar-refractivity contribution in [3.63, 3.8) is 0 Å². The number of carboxylic acid groups (broad SMARTS) is 1. The van der Waals surface area contributed by atoms with Crippen molar-refractivity contribution in [1.29, 1.82) is 0 Å². The lowest BCUT2D eigenvalue weighted by atomic mass is 9.99. The van der Waals surface area contributed by atoms with E-state index in [0.717, 1.165) is 0 Å². The predicted molar refractivity (Wildman–Crippen MR) is 119 cm³/mol. The number of carbonyl (C=O) groups excluding carboxylic acids is 2. The maximum Gasteiger partial charge on any atom is 0.305 e. The van der Waals surface area contributed by atoms with Gasteiger partial charge >= 0.3 is 5.97 Å². The summed E-state index contributed by atoms with van der Waals surface area (Å²) in [5.41, 5.74) is 1.26. The molecule has 0 saturated carbocycles. The predicted octanol–water partition coefficient (Wildman–Crippen LogP) is 2.53. The van der Waals surface area contributed by atoms with Gasteiger partial charge in [-0.15, -0.1) is 0 Å². The Kier molecular flexibility index (Phi) is 7.76. The van der Waals surface area contributed by atoms with Crippen LogP contribution in [-0.2, 0) is 20.8 Å². The highest BCUT2D eigenvalue weighted by molar-refractivity contribution is 5.89. The number of hydrogen-bond donors (Lipinski definition) is 4.